The molecule has 0 unspecified atom stereocenters. The average molecular weight is 407 g/mol. The van der Waals surface area contributed by atoms with Gasteiger partial charge < -0.3 is 9.47 Å². The third-order valence-electron chi connectivity index (χ3n) is 6.47. The molecule has 1 N–H and O–H groups in total. The van der Waals surface area contributed by atoms with Gasteiger partial charge in [0.05, 0.1) is 0 Å². The van der Waals surface area contributed by atoms with Gasteiger partial charge in [0.25, 0.3) is 10.2 Å². The van der Waals surface area contributed by atoms with E-state index in [4.69, 9.17) is 1.37 Å². The van der Waals surface area contributed by atoms with E-state index in [0.717, 1.165) is 19.4 Å². The molecule has 6 nitrogen and oxygen atoms in total. The van der Waals surface area contributed by atoms with Gasteiger partial charge in [-0.3, -0.25) is 0 Å². The van der Waals surface area contributed by atoms with Crippen LogP contribution in [0.3, 0.4) is 0 Å². The van der Waals surface area contributed by atoms with Gasteiger partial charge in [0.1, 0.15) is 0 Å². The number of likely N-dealkylation sites (tertiary alicyclic amines) is 1. The zero-order valence-corrected chi connectivity index (χ0v) is 17.9. The molecule has 1 fully saturated rings. The van der Waals surface area contributed by atoms with E-state index in [2.05, 4.69) is 45.5 Å². The van der Waals surface area contributed by atoms with E-state index in [0.29, 0.717) is 19.6 Å². The molecule has 1 aromatic carbocycles. The molecule has 1 aliphatic heterocycles. The topological polar surface area (TPSA) is 57.6 Å². The van der Waals surface area contributed by atoms with Crippen molar-refractivity contribution in [1.82, 2.24) is 18.5 Å². The molecular formula is C21H32N4O2S. The molecule has 1 aliphatic carbocycles. The highest BCUT2D eigenvalue weighted by Gasteiger charge is 2.41. The number of likely N-dealkylation sites (N-methyl/N-ethyl adjacent to an activating group) is 1. The Bertz CT molecular complexity index is 986. The van der Waals surface area contributed by atoms with Crippen LogP contribution in [-0.4, -0.2) is 60.9 Å². The van der Waals surface area contributed by atoms with E-state index in [1.54, 1.807) is 0 Å². The fourth-order valence-corrected chi connectivity index (χ4v) is 6.59. The van der Waals surface area contributed by atoms with E-state index < -0.39 is 10.2 Å². The van der Waals surface area contributed by atoms with Crippen molar-refractivity contribution >= 4 is 21.1 Å². The molecule has 2 aliphatic rings. The molecule has 2 heterocycles. The number of piperidine rings is 1. The summed E-state index contributed by atoms with van der Waals surface area (Å²) >= 11 is 0. The highest BCUT2D eigenvalue weighted by atomic mass is 32.2. The Hall–Kier alpha value is -1.41. The second-order valence-electron chi connectivity index (χ2n) is 7.97. The van der Waals surface area contributed by atoms with Crippen molar-refractivity contribution in [3.05, 3.63) is 35.5 Å². The van der Waals surface area contributed by atoms with Crippen molar-refractivity contribution in [3.8, 4) is 0 Å². The number of nitrogens with one attached hydrogen (secondary N) is 1. The van der Waals surface area contributed by atoms with Crippen molar-refractivity contribution in [2.75, 3.05) is 26.7 Å². The number of nitrogens with zero attached hydrogens (tertiary/aromatic N) is 3. The first-order valence-electron chi connectivity index (χ1n) is 11.0. The maximum atomic E-state index is 12.8. The van der Waals surface area contributed by atoms with Crippen LogP contribution in [0.15, 0.2) is 24.4 Å². The van der Waals surface area contributed by atoms with Crippen LogP contribution in [0.5, 0.6) is 0 Å². The highest BCUT2D eigenvalue weighted by molar-refractivity contribution is 7.87. The van der Waals surface area contributed by atoms with E-state index in [-0.39, 0.29) is 25.0 Å². The fourth-order valence-electron chi connectivity index (χ4n) is 5.17. The minimum Gasteiger partial charge on any atom is -0.347 e. The number of hydrogen-bond acceptors (Lipinski definition) is 3. The lowest BCUT2D eigenvalue weighted by atomic mass is 9.74. The largest absolute Gasteiger partial charge is 0.347 e. The first-order valence-corrected chi connectivity index (χ1v) is 11.8. The van der Waals surface area contributed by atoms with Crippen LogP contribution in [-0.2, 0) is 23.2 Å². The zero-order valence-electron chi connectivity index (χ0n) is 18.1. The summed E-state index contributed by atoms with van der Waals surface area (Å²) in [6.45, 7) is 8.32. The third-order valence-corrected chi connectivity index (χ3v) is 8.30. The molecule has 7 heteroatoms. The highest BCUT2D eigenvalue weighted by Crippen LogP contribution is 2.43. The van der Waals surface area contributed by atoms with Crippen LogP contribution in [0.1, 0.15) is 45.6 Å². The molecule has 154 valence electrons. The maximum absolute atomic E-state index is 12.8. The maximum Gasteiger partial charge on any atom is 0.279 e. The van der Waals surface area contributed by atoms with Crippen LogP contribution in [0.25, 0.3) is 10.9 Å². The Labute approximate surface area is 170 Å². The lowest BCUT2D eigenvalue weighted by Crippen LogP contribution is -2.56. The molecule has 3 atom stereocenters. The summed E-state index contributed by atoms with van der Waals surface area (Å²) in [6, 6.07) is 6.57. The molecule has 1 aromatic heterocycles. The van der Waals surface area contributed by atoms with Crippen molar-refractivity contribution in [3.63, 3.8) is 0 Å². The summed E-state index contributed by atoms with van der Waals surface area (Å²) in [4.78, 5) is 2.15. The minimum absolute atomic E-state index is 0.183. The summed E-state index contributed by atoms with van der Waals surface area (Å²) in [5.74, 6) is 0.238. The van der Waals surface area contributed by atoms with E-state index >= 15 is 0 Å². The fraction of sp³-hybridized carbons (Fsp3) is 0.619. The lowest BCUT2D eigenvalue weighted by Gasteiger charge is -2.45. The summed E-state index contributed by atoms with van der Waals surface area (Å²) < 4.78 is 40.4. The second-order valence-corrected chi connectivity index (χ2v) is 9.67. The Morgan fingerprint density at radius 2 is 2.07 bits per heavy atom. The van der Waals surface area contributed by atoms with Crippen molar-refractivity contribution in [2.24, 2.45) is 0 Å². The summed E-state index contributed by atoms with van der Waals surface area (Å²) in [5.41, 5.74) is 3.94. The molecule has 0 amide bonds. The molecule has 1 saturated heterocycles. The average Bonchev–Trinajstić information content (AvgIpc) is 3.07. The normalized spacial score (nSPS) is 25.9. The van der Waals surface area contributed by atoms with Gasteiger partial charge in [0.15, 0.2) is 0 Å². The van der Waals surface area contributed by atoms with Crippen molar-refractivity contribution < 1.29 is 9.79 Å². The minimum atomic E-state index is -3.51. The Kier molecular flexibility index (Phi) is 4.95. The van der Waals surface area contributed by atoms with Gasteiger partial charge in [-0.15, -0.1) is 0 Å². The summed E-state index contributed by atoms with van der Waals surface area (Å²) in [5, 5.41) is 1.34. The van der Waals surface area contributed by atoms with Gasteiger partial charge >= 0.3 is 0 Å². The van der Waals surface area contributed by atoms with Gasteiger partial charge in [-0.25, -0.2) is 0 Å². The lowest BCUT2D eigenvalue weighted by molar-refractivity contribution is 0.135. The smallest absolute Gasteiger partial charge is 0.279 e. The van der Waals surface area contributed by atoms with Crippen LogP contribution in [0.2, 0.25) is 0 Å². The number of fused-ring (bicyclic) bond motifs is 2. The first-order chi connectivity index (χ1) is 13.9. The van der Waals surface area contributed by atoms with Crippen molar-refractivity contribution in [2.45, 2.75) is 58.2 Å². The van der Waals surface area contributed by atoms with Gasteiger partial charge in [0, 0.05) is 62.7 Å². The van der Waals surface area contributed by atoms with E-state index in [1.807, 2.05) is 13.8 Å². The van der Waals surface area contributed by atoms with Crippen LogP contribution >= 0.6 is 0 Å². The monoisotopic (exact) mass is 406 g/mol. The quantitative estimate of drug-likeness (QED) is 0.802. The van der Waals surface area contributed by atoms with Crippen LogP contribution < -0.4 is 4.72 Å². The molecule has 0 saturated carbocycles. The number of benzene rings is 1. The summed E-state index contributed by atoms with van der Waals surface area (Å²) in [7, 11) is -3.33. The molecule has 0 bridgehead atoms. The van der Waals surface area contributed by atoms with Gasteiger partial charge in [0.2, 0.25) is 0 Å². The third kappa shape index (κ3) is 3.18. The Morgan fingerprint density at radius 3 is 2.75 bits per heavy atom. The molecule has 2 aromatic rings. The molecular weight excluding hydrogens is 372 g/mol. The van der Waals surface area contributed by atoms with Gasteiger partial charge in [-0.2, -0.15) is 17.4 Å². The van der Waals surface area contributed by atoms with Crippen LogP contribution in [0, 0.1) is 0 Å². The predicted octanol–water partition coefficient (Wildman–Crippen LogP) is 2.55. The van der Waals surface area contributed by atoms with Crippen molar-refractivity contribution in [1.29, 1.82) is 0 Å². The predicted molar refractivity (Wildman–Crippen MR) is 114 cm³/mol. The Balaban J connectivity index is 1.69. The van der Waals surface area contributed by atoms with Gasteiger partial charge in [-0.1, -0.05) is 26.0 Å². The molecule has 0 radical (unpaired) electrons. The van der Waals surface area contributed by atoms with Gasteiger partial charge in [-0.05, 0) is 44.0 Å². The summed E-state index contributed by atoms with van der Waals surface area (Å²) in [6.07, 6.45) is 3.97. The number of aromatic nitrogens is 1. The SMILES string of the molecule is [3H]CN1C[C@@H](NS(=O)(=O)N(CC)CC)C[C@@H]2c3cccc4c3c(cn4CC)C[C@H]21. The molecule has 4 rings (SSSR count). The standard InChI is InChI=1S/C21H32N4O2S/c1-5-24-13-15-11-20-18(17-9-8-10-19(24)21(15)17)12-16(14-23(20)4)22-28(26,27)25(6-2)7-3/h8-10,13,16,18,20,22H,5-7,11-12,14H2,1-4H3/t16-,18+,20+/m0/s1/i4T. The molecule has 28 heavy (non-hydrogen) atoms. The molecule has 0 spiro atoms. The van der Waals surface area contributed by atoms with E-state index in [1.165, 1.54) is 26.3 Å². The number of rotatable bonds is 6. The number of aryl methyl sites for hydroxylation is 1. The van der Waals surface area contributed by atoms with E-state index in [9.17, 15) is 8.42 Å². The first kappa shape index (κ1) is 18.6. The zero-order chi connectivity index (χ0) is 20.8. The Morgan fingerprint density at radius 1 is 1.29 bits per heavy atom. The van der Waals surface area contributed by atoms with Crippen LogP contribution in [0.4, 0.5) is 0 Å². The number of hydrogen-bond donors (Lipinski definition) is 1. The second kappa shape index (κ2) is 7.44.